The number of carbonyl (C=O) groups excluding carboxylic acids is 1. The van der Waals surface area contributed by atoms with Crippen molar-refractivity contribution in [2.24, 2.45) is 13.0 Å². The van der Waals surface area contributed by atoms with Gasteiger partial charge in [-0.2, -0.15) is 5.10 Å². The SMILES string of the molecule is Cn1nc(C(=O)NCC2CCOC2)cc1COCC1=CCCC=C1. The van der Waals surface area contributed by atoms with Crippen LogP contribution in [0.2, 0.25) is 0 Å². The molecule has 6 heteroatoms. The van der Waals surface area contributed by atoms with Gasteiger partial charge in [0.25, 0.3) is 5.91 Å². The van der Waals surface area contributed by atoms with Crippen molar-refractivity contribution in [2.45, 2.75) is 25.9 Å². The first kappa shape index (κ1) is 16.9. The fourth-order valence-electron chi connectivity index (χ4n) is 2.87. The predicted octanol–water partition coefficient (Wildman–Crippen LogP) is 1.98. The Morgan fingerprint density at radius 3 is 3.12 bits per heavy atom. The second kappa shape index (κ2) is 8.26. The number of ether oxygens (including phenoxy) is 2. The molecular formula is C18H25N3O3. The molecular weight excluding hydrogens is 306 g/mol. The molecule has 1 aliphatic carbocycles. The summed E-state index contributed by atoms with van der Waals surface area (Å²) in [5, 5.41) is 7.22. The summed E-state index contributed by atoms with van der Waals surface area (Å²) in [6.07, 6.45) is 9.67. The predicted molar refractivity (Wildman–Crippen MR) is 90.6 cm³/mol. The van der Waals surface area contributed by atoms with Crippen molar-refractivity contribution in [3.63, 3.8) is 0 Å². The Morgan fingerprint density at radius 2 is 2.38 bits per heavy atom. The molecule has 1 unspecified atom stereocenters. The fraction of sp³-hybridized carbons (Fsp3) is 0.556. The van der Waals surface area contributed by atoms with Gasteiger partial charge in [0.05, 0.1) is 25.5 Å². The van der Waals surface area contributed by atoms with E-state index in [9.17, 15) is 4.79 Å². The highest BCUT2D eigenvalue weighted by atomic mass is 16.5. The van der Waals surface area contributed by atoms with Gasteiger partial charge in [-0.05, 0) is 30.9 Å². The molecule has 1 aliphatic heterocycles. The van der Waals surface area contributed by atoms with Crippen LogP contribution in [0.4, 0.5) is 0 Å². The standard InChI is InChI=1S/C18H25N3O3/c1-21-16(13-24-11-14-5-3-2-4-6-14)9-17(20-21)18(22)19-10-15-7-8-23-12-15/h3,5-6,9,15H,2,4,7-8,10-13H2,1H3,(H,19,22). The fourth-order valence-corrected chi connectivity index (χ4v) is 2.87. The third-order valence-electron chi connectivity index (χ3n) is 4.38. The molecule has 1 fully saturated rings. The molecule has 2 heterocycles. The molecule has 1 saturated heterocycles. The van der Waals surface area contributed by atoms with Gasteiger partial charge < -0.3 is 14.8 Å². The van der Waals surface area contributed by atoms with E-state index in [1.54, 1.807) is 10.7 Å². The summed E-state index contributed by atoms with van der Waals surface area (Å²) in [6.45, 7) is 3.19. The third kappa shape index (κ3) is 4.55. The topological polar surface area (TPSA) is 65.4 Å². The second-order valence-electron chi connectivity index (χ2n) is 6.34. The molecule has 3 rings (SSSR count). The van der Waals surface area contributed by atoms with Gasteiger partial charge in [-0.3, -0.25) is 9.48 Å². The minimum Gasteiger partial charge on any atom is -0.381 e. The van der Waals surface area contributed by atoms with Crippen molar-refractivity contribution in [3.8, 4) is 0 Å². The molecule has 0 radical (unpaired) electrons. The van der Waals surface area contributed by atoms with Crippen molar-refractivity contribution in [3.05, 3.63) is 41.3 Å². The monoisotopic (exact) mass is 331 g/mol. The maximum Gasteiger partial charge on any atom is 0.271 e. The largest absolute Gasteiger partial charge is 0.381 e. The minimum absolute atomic E-state index is 0.137. The van der Waals surface area contributed by atoms with Crippen molar-refractivity contribution in [1.29, 1.82) is 0 Å². The van der Waals surface area contributed by atoms with E-state index in [4.69, 9.17) is 9.47 Å². The second-order valence-corrected chi connectivity index (χ2v) is 6.34. The number of rotatable bonds is 7. The lowest BCUT2D eigenvalue weighted by Gasteiger charge is -2.08. The van der Waals surface area contributed by atoms with E-state index in [0.717, 1.165) is 38.2 Å². The van der Waals surface area contributed by atoms with Crippen LogP contribution in [0.25, 0.3) is 0 Å². The lowest BCUT2D eigenvalue weighted by Crippen LogP contribution is -2.29. The first-order valence-corrected chi connectivity index (χ1v) is 8.54. The lowest BCUT2D eigenvalue weighted by molar-refractivity contribution is 0.0939. The molecule has 1 aromatic rings. The maximum atomic E-state index is 12.2. The summed E-state index contributed by atoms with van der Waals surface area (Å²) in [4.78, 5) is 12.2. The van der Waals surface area contributed by atoms with Gasteiger partial charge in [0.15, 0.2) is 5.69 Å². The van der Waals surface area contributed by atoms with Gasteiger partial charge >= 0.3 is 0 Å². The molecule has 1 amide bonds. The number of aromatic nitrogens is 2. The number of nitrogens with one attached hydrogen (secondary N) is 1. The van der Waals surface area contributed by atoms with Crippen LogP contribution in [0.1, 0.15) is 35.4 Å². The van der Waals surface area contributed by atoms with Crippen molar-refractivity contribution < 1.29 is 14.3 Å². The molecule has 6 nitrogen and oxygen atoms in total. The molecule has 1 atom stereocenters. The Balaban J connectivity index is 1.47. The van der Waals surface area contributed by atoms with E-state index < -0.39 is 0 Å². The highest BCUT2D eigenvalue weighted by Gasteiger charge is 2.18. The smallest absolute Gasteiger partial charge is 0.271 e. The van der Waals surface area contributed by atoms with Crippen LogP contribution in [0.3, 0.4) is 0 Å². The van der Waals surface area contributed by atoms with E-state index in [0.29, 0.717) is 31.4 Å². The summed E-state index contributed by atoms with van der Waals surface area (Å²) in [5.74, 6) is 0.277. The summed E-state index contributed by atoms with van der Waals surface area (Å²) < 4.78 is 12.8. The zero-order valence-electron chi connectivity index (χ0n) is 14.2. The number of hydrogen-bond donors (Lipinski definition) is 1. The Bertz CT molecular complexity index is 627. The molecule has 1 aromatic heterocycles. The Morgan fingerprint density at radius 1 is 1.46 bits per heavy atom. The van der Waals surface area contributed by atoms with Gasteiger partial charge in [0.1, 0.15) is 0 Å². The zero-order chi connectivity index (χ0) is 16.8. The third-order valence-corrected chi connectivity index (χ3v) is 4.38. The summed E-state index contributed by atoms with van der Waals surface area (Å²) in [5.41, 5.74) is 2.54. The number of allylic oxidation sites excluding steroid dienone is 2. The highest BCUT2D eigenvalue weighted by molar-refractivity contribution is 5.92. The first-order chi connectivity index (χ1) is 11.7. The number of aryl methyl sites for hydroxylation is 1. The van der Waals surface area contributed by atoms with Crippen LogP contribution in [0.15, 0.2) is 29.9 Å². The highest BCUT2D eigenvalue weighted by Crippen LogP contribution is 2.13. The Kier molecular flexibility index (Phi) is 5.82. The summed E-state index contributed by atoms with van der Waals surface area (Å²) in [7, 11) is 1.83. The quantitative estimate of drug-likeness (QED) is 0.830. The van der Waals surface area contributed by atoms with Crippen molar-refractivity contribution >= 4 is 5.91 Å². The number of hydrogen-bond acceptors (Lipinski definition) is 4. The molecule has 1 N–H and O–H groups in total. The van der Waals surface area contributed by atoms with Crippen LogP contribution in [0, 0.1) is 5.92 Å². The van der Waals surface area contributed by atoms with E-state index in [2.05, 4.69) is 28.6 Å². The molecule has 0 aromatic carbocycles. The van der Waals surface area contributed by atoms with Gasteiger partial charge in [0.2, 0.25) is 0 Å². The van der Waals surface area contributed by atoms with E-state index in [1.165, 1.54) is 5.57 Å². The lowest BCUT2D eigenvalue weighted by atomic mass is 10.1. The first-order valence-electron chi connectivity index (χ1n) is 8.54. The van der Waals surface area contributed by atoms with Crippen LogP contribution >= 0.6 is 0 Å². The molecule has 0 spiro atoms. The van der Waals surface area contributed by atoms with Crippen LogP contribution in [-0.2, 0) is 23.1 Å². The summed E-state index contributed by atoms with van der Waals surface area (Å²) >= 11 is 0. The minimum atomic E-state index is -0.137. The number of amides is 1. The van der Waals surface area contributed by atoms with Gasteiger partial charge in [0, 0.05) is 26.1 Å². The van der Waals surface area contributed by atoms with Crippen LogP contribution in [0.5, 0.6) is 0 Å². The molecule has 24 heavy (non-hydrogen) atoms. The molecule has 2 aliphatic rings. The average Bonchev–Trinajstić information content (AvgIpc) is 3.24. The molecule has 0 saturated carbocycles. The molecule has 0 bridgehead atoms. The normalized spacial score (nSPS) is 20.2. The van der Waals surface area contributed by atoms with Crippen LogP contribution < -0.4 is 5.32 Å². The van der Waals surface area contributed by atoms with Gasteiger partial charge in [-0.25, -0.2) is 0 Å². The van der Waals surface area contributed by atoms with E-state index in [1.807, 2.05) is 7.05 Å². The summed E-state index contributed by atoms with van der Waals surface area (Å²) in [6, 6.07) is 1.80. The van der Waals surface area contributed by atoms with Gasteiger partial charge in [-0.1, -0.05) is 18.2 Å². The van der Waals surface area contributed by atoms with E-state index in [-0.39, 0.29) is 5.91 Å². The van der Waals surface area contributed by atoms with Gasteiger partial charge in [-0.15, -0.1) is 0 Å². The average molecular weight is 331 g/mol. The maximum absolute atomic E-state index is 12.2. The Labute approximate surface area is 142 Å². The van der Waals surface area contributed by atoms with Crippen LogP contribution in [-0.4, -0.2) is 42.1 Å². The number of nitrogens with zero attached hydrogens (tertiary/aromatic N) is 2. The number of carbonyl (C=O) groups is 1. The zero-order valence-corrected chi connectivity index (χ0v) is 14.2. The van der Waals surface area contributed by atoms with E-state index >= 15 is 0 Å². The van der Waals surface area contributed by atoms with Crippen molar-refractivity contribution in [2.75, 3.05) is 26.4 Å². The Hall–Kier alpha value is -1.92. The molecule has 130 valence electrons. The van der Waals surface area contributed by atoms with Crippen molar-refractivity contribution in [1.82, 2.24) is 15.1 Å².